The Kier molecular flexibility index (Phi) is 6.83. The van der Waals surface area contributed by atoms with Gasteiger partial charge < -0.3 is 14.4 Å². The van der Waals surface area contributed by atoms with Crippen molar-refractivity contribution >= 4 is 16.5 Å². The van der Waals surface area contributed by atoms with Crippen LogP contribution in [-0.4, -0.2) is 71.9 Å². The van der Waals surface area contributed by atoms with Crippen LogP contribution in [0.25, 0.3) is 11.4 Å². The van der Waals surface area contributed by atoms with E-state index in [1.54, 1.807) is 32.7 Å². The molecule has 1 fully saturated rings. The third-order valence-corrected chi connectivity index (χ3v) is 6.05. The summed E-state index contributed by atoms with van der Waals surface area (Å²) in [6.45, 7) is 0.666. The van der Waals surface area contributed by atoms with Crippen molar-refractivity contribution < 1.29 is 23.1 Å². The summed E-state index contributed by atoms with van der Waals surface area (Å²) in [7, 11) is -0.168. The topological polar surface area (TPSA) is 115 Å². The van der Waals surface area contributed by atoms with Crippen LogP contribution in [0.4, 0.5) is 0 Å². The Morgan fingerprint density at radius 3 is 2.73 bits per heavy atom. The first kappa shape index (κ1) is 20.0. The average molecular weight is 382 g/mol. The molecule has 1 aliphatic heterocycles. The van der Waals surface area contributed by atoms with Crippen molar-refractivity contribution in [3.63, 3.8) is 0 Å². The minimum Gasteiger partial charge on any atom is -0.483 e. The van der Waals surface area contributed by atoms with Gasteiger partial charge in [0.05, 0.1) is 25.0 Å². The lowest BCUT2D eigenvalue weighted by Crippen LogP contribution is -2.32. The summed E-state index contributed by atoms with van der Waals surface area (Å²) >= 11 is 0. The fraction of sp³-hybridized carbons (Fsp3) is 0.438. The molecular formula is C16H22N4O5S. The van der Waals surface area contributed by atoms with E-state index in [2.05, 4.69) is 9.97 Å². The van der Waals surface area contributed by atoms with E-state index in [9.17, 15) is 8.42 Å². The number of carbonyl (C=O) groups is 1. The fourth-order valence-corrected chi connectivity index (χ4v) is 3.93. The standard InChI is InChI=1S/C15H20N4O3S.CH2O2/c1-18(2)23(20,21)11-13-9-22-10-14(13)19-7-6-17-15(19)12-4-3-5-16-8-12;2-1-3/h3-8,13-14H,9-11H2,1-2H3;1H,(H,2,3)/t13-,14-;/m1./s1. The molecule has 9 nitrogen and oxygen atoms in total. The van der Waals surface area contributed by atoms with Gasteiger partial charge in [0.25, 0.3) is 6.47 Å². The number of hydrogen-bond acceptors (Lipinski definition) is 6. The van der Waals surface area contributed by atoms with Gasteiger partial charge in [0.15, 0.2) is 0 Å². The number of imidazole rings is 1. The van der Waals surface area contributed by atoms with Crippen molar-refractivity contribution in [2.45, 2.75) is 6.04 Å². The highest BCUT2D eigenvalue weighted by Gasteiger charge is 2.35. The zero-order valence-electron chi connectivity index (χ0n) is 14.6. The number of pyridine rings is 1. The Bertz CT molecular complexity index is 807. The maximum absolute atomic E-state index is 12.2. The zero-order valence-corrected chi connectivity index (χ0v) is 15.4. The van der Waals surface area contributed by atoms with E-state index in [1.165, 1.54) is 4.31 Å². The summed E-state index contributed by atoms with van der Waals surface area (Å²) in [6, 6.07) is 3.74. The molecule has 0 spiro atoms. The zero-order chi connectivity index (χ0) is 19.2. The monoisotopic (exact) mass is 382 g/mol. The lowest BCUT2D eigenvalue weighted by atomic mass is 10.1. The Balaban J connectivity index is 0.000000758. The van der Waals surface area contributed by atoms with Crippen molar-refractivity contribution in [2.24, 2.45) is 5.92 Å². The predicted octanol–water partition coefficient (Wildman–Crippen LogP) is 0.725. The van der Waals surface area contributed by atoms with E-state index < -0.39 is 10.0 Å². The van der Waals surface area contributed by atoms with Gasteiger partial charge in [0.1, 0.15) is 5.82 Å². The van der Waals surface area contributed by atoms with E-state index in [0.29, 0.717) is 13.2 Å². The van der Waals surface area contributed by atoms with Crippen LogP contribution in [0.3, 0.4) is 0 Å². The second-order valence-electron chi connectivity index (χ2n) is 5.93. The second kappa shape index (κ2) is 8.88. The number of rotatable bonds is 5. The van der Waals surface area contributed by atoms with Crippen LogP contribution in [0.2, 0.25) is 0 Å². The van der Waals surface area contributed by atoms with Crippen molar-refractivity contribution in [2.75, 3.05) is 33.1 Å². The lowest BCUT2D eigenvalue weighted by Gasteiger charge is -2.22. The number of sulfonamides is 1. The second-order valence-corrected chi connectivity index (χ2v) is 8.16. The van der Waals surface area contributed by atoms with E-state index >= 15 is 0 Å². The summed E-state index contributed by atoms with van der Waals surface area (Å²) in [6.07, 6.45) is 7.05. The van der Waals surface area contributed by atoms with E-state index in [1.807, 2.05) is 22.9 Å². The summed E-state index contributed by atoms with van der Waals surface area (Å²) in [5, 5.41) is 6.89. The molecule has 2 atom stereocenters. The van der Waals surface area contributed by atoms with Gasteiger partial charge in [0.2, 0.25) is 10.0 Å². The molecule has 1 N–H and O–H groups in total. The van der Waals surface area contributed by atoms with Crippen LogP contribution in [0, 0.1) is 5.92 Å². The van der Waals surface area contributed by atoms with E-state index in [4.69, 9.17) is 14.6 Å². The smallest absolute Gasteiger partial charge is 0.290 e. The molecule has 3 heterocycles. The summed E-state index contributed by atoms with van der Waals surface area (Å²) < 4.78 is 33.2. The molecule has 0 unspecified atom stereocenters. The molecule has 0 aliphatic carbocycles. The van der Waals surface area contributed by atoms with Gasteiger partial charge in [0, 0.05) is 50.4 Å². The summed E-state index contributed by atoms with van der Waals surface area (Å²) in [4.78, 5) is 16.9. The highest BCUT2D eigenvalue weighted by Crippen LogP contribution is 2.31. The van der Waals surface area contributed by atoms with Gasteiger partial charge in [-0.3, -0.25) is 9.78 Å². The predicted molar refractivity (Wildman–Crippen MR) is 95.0 cm³/mol. The molecule has 1 saturated heterocycles. The molecule has 0 bridgehead atoms. The third kappa shape index (κ3) is 4.65. The average Bonchev–Trinajstić information content (AvgIpc) is 3.24. The molecule has 142 valence electrons. The molecular weight excluding hydrogens is 360 g/mol. The van der Waals surface area contributed by atoms with Crippen LogP contribution >= 0.6 is 0 Å². The largest absolute Gasteiger partial charge is 0.483 e. The number of hydrogen-bond donors (Lipinski definition) is 1. The molecule has 0 aromatic carbocycles. The van der Waals surface area contributed by atoms with Gasteiger partial charge >= 0.3 is 0 Å². The highest BCUT2D eigenvalue weighted by molar-refractivity contribution is 7.89. The van der Waals surface area contributed by atoms with Gasteiger partial charge in [-0.25, -0.2) is 17.7 Å². The van der Waals surface area contributed by atoms with Gasteiger partial charge in [-0.05, 0) is 12.1 Å². The molecule has 0 radical (unpaired) electrons. The maximum atomic E-state index is 12.2. The Labute approximate surface area is 152 Å². The molecule has 2 aromatic heterocycles. The number of nitrogens with zero attached hydrogens (tertiary/aromatic N) is 4. The fourth-order valence-electron chi connectivity index (χ4n) is 2.77. The van der Waals surface area contributed by atoms with Crippen LogP contribution in [0.1, 0.15) is 6.04 Å². The third-order valence-electron chi connectivity index (χ3n) is 4.09. The Hall–Kier alpha value is -2.30. The van der Waals surface area contributed by atoms with Crippen LogP contribution in [0.15, 0.2) is 36.9 Å². The number of ether oxygens (including phenoxy) is 1. The molecule has 3 rings (SSSR count). The van der Waals surface area contributed by atoms with Crippen molar-refractivity contribution in [3.05, 3.63) is 36.9 Å². The number of aromatic nitrogens is 3. The molecule has 26 heavy (non-hydrogen) atoms. The Morgan fingerprint density at radius 1 is 1.38 bits per heavy atom. The summed E-state index contributed by atoms with van der Waals surface area (Å²) in [5.41, 5.74) is 0.901. The molecule has 1 aliphatic rings. The SMILES string of the molecule is CN(C)S(=O)(=O)C[C@H]1COC[C@H]1n1ccnc1-c1cccnc1.O=CO. The molecule has 2 aromatic rings. The molecule has 0 amide bonds. The van der Waals surface area contributed by atoms with Crippen LogP contribution in [0.5, 0.6) is 0 Å². The Morgan fingerprint density at radius 2 is 2.12 bits per heavy atom. The quantitative estimate of drug-likeness (QED) is 0.758. The first-order valence-electron chi connectivity index (χ1n) is 7.89. The van der Waals surface area contributed by atoms with Gasteiger partial charge in [-0.1, -0.05) is 0 Å². The molecule has 10 heteroatoms. The van der Waals surface area contributed by atoms with E-state index in [-0.39, 0.29) is 24.2 Å². The van der Waals surface area contributed by atoms with Crippen LogP contribution < -0.4 is 0 Å². The van der Waals surface area contributed by atoms with E-state index in [0.717, 1.165) is 11.4 Å². The normalized spacial score (nSPS) is 19.8. The molecule has 0 saturated carbocycles. The minimum atomic E-state index is -3.28. The number of carboxylic acid groups (broad SMARTS) is 1. The van der Waals surface area contributed by atoms with Crippen molar-refractivity contribution in [3.8, 4) is 11.4 Å². The first-order valence-corrected chi connectivity index (χ1v) is 9.50. The lowest BCUT2D eigenvalue weighted by molar-refractivity contribution is -0.122. The van der Waals surface area contributed by atoms with Gasteiger partial charge in [-0.15, -0.1) is 0 Å². The van der Waals surface area contributed by atoms with Crippen molar-refractivity contribution in [1.29, 1.82) is 0 Å². The van der Waals surface area contributed by atoms with Crippen LogP contribution in [-0.2, 0) is 19.6 Å². The first-order chi connectivity index (χ1) is 12.4. The highest BCUT2D eigenvalue weighted by atomic mass is 32.2. The van der Waals surface area contributed by atoms with Crippen molar-refractivity contribution in [1.82, 2.24) is 18.8 Å². The summed E-state index contributed by atoms with van der Waals surface area (Å²) in [5.74, 6) is 0.739. The minimum absolute atomic E-state index is 0.0533. The van der Waals surface area contributed by atoms with Gasteiger partial charge in [-0.2, -0.15) is 0 Å². The maximum Gasteiger partial charge on any atom is 0.290 e.